The van der Waals surface area contributed by atoms with Crippen LogP contribution in [0.2, 0.25) is 0 Å². The van der Waals surface area contributed by atoms with Crippen molar-refractivity contribution in [3.8, 4) is 17.0 Å². The van der Waals surface area contributed by atoms with Crippen molar-refractivity contribution in [2.75, 3.05) is 6.54 Å². The standard InChI is InChI=1S/C23H26FN5O2/c1-12(2)5-17-9-20(29-28-17)23(30)26-11-18-7-16-6-15(8-19(24)22(16)31-18)21-14(4)25-10-13(3)27-21/h6,8-10,12,18H,5,7,11H2,1-4H3,(H,26,30)(H,28,29)/t18-/m1/s1. The van der Waals surface area contributed by atoms with Gasteiger partial charge in [-0.05, 0) is 44.4 Å². The van der Waals surface area contributed by atoms with E-state index in [4.69, 9.17) is 4.74 Å². The first-order chi connectivity index (χ1) is 14.8. The van der Waals surface area contributed by atoms with E-state index >= 15 is 0 Å². The Morgan fingerprint density at radius 2 is 2.13 bits per heavy atom. The molecule has 3 aromatic rings. The van der Waals surface area contributed by atoms with Gasteiger partial charge in [0.1, 0.15) is 11.8 Å². The average Bonchev–Trinajstić information content (AvgIpc) is 3.34. The highest BCUT2D eigenvalue weighted by atomic mass is 19.1. The summed E-state index contributed by atoms with van der Waals surface area (Å²) >= 11 is 0. The zero-order chi connectivity index (χ0) is 22.1. The van der Waals surface area contributed by atoms with Crippen LogP contribution in [-0.4, -0.2) is 38.7 Å². The Labute approximate surface area is 180 Å². The number of ether oxygens (including phenoxy) is 1. The van der Waals surface area contributed by atoms with Gasteiger partial charge in [-0.25, -0.2) is 9.37 Å². The summed E-state index contributed by atoms with van der Waals surface area (Å²) in [5.41, 5.74) is 4.87. The fourth-order valence-corrected chi connectivity index (χ4v) is 3.77. The van der Waals surface area contributed by atoms with Crippen LogP contribution in [-0.2, 0) is 12.8 Å². The third kappa shape index (κ3) is 4.57. The lowest BCUT2D eigenvalue weighted by Crippen LogP contribution is -2.34. The molecule has 3 heterocycles. The summed E-state index contributed by atoms with van der Waals surface area (Å²) in [5.74, 6) is -0.0105. The highest BCUT2D eigenvalue weighted by molar-refractivity contribution is 5.92. The summed E-state index contributed by atoms with van der Waals surface area (Å²) in [6.07, 6.45) is 2.67. The van der Waals surface area contributed by atoms with Crippen molar-refractivity contribution < 1.29 is 13.9 Å². The van der Waals surface area contributed by atoms with Gasteiger partial charge in [-0.2, -0.15) is 5.10 Å². The Bertz CT molecular complexity index is 1130. The lowest BCUT2D eigenvalue weighted by molar-refractivity contribution is 0.0928. The molecule has 1 aliphatic heterocycles. The average molecular weight is 423 g/mol. The van der Waals surface area contributed by atoms with Crippen molar-refractivity contribution in [2.24, 2.45) is 5.92 Å². The van der Waals surface area contributed by atoms with Crippen molar-refractivity contribution in [3.63, 3.8) is 0 Å². The molecule has 4 rings (SSSR count). The molecule has 2 N–H and O–H groups in total. The van der Waals surface area contributed by atoms with Gasteiger partial charge in [-0.15, -0.1) is 0 Å². The van der Waals surface area contributed by atoms with E-state index in [1.807, 2.05) is 19.9 Å². The van der Waals surface area contributed by atoms with Crippen molar-refractivity contribution in [1.82, 2.24) is 25.5 Å². The van der Waals surface area contributed by atoms with Crippen LogP contribution in [0.15, 0.2) is 24.4 Å². The molecule has 31 heavy (non-hydrogen) atoms. The Morgan fingerprint density at radius 3 is 2.90 bits per heavy atom. The number of rotatable bonds is 6. The molecule has 0 fully saturated rings. The number of nitrogens with one attached hydrogen (secondary N) is 2. The van der Waals surface area contributed by atoms with E-state index in [1.54, 1.807) is 12.3 Å². The molecule has 0 radical (unpaired) electrons. The third-order valence-corrected chi connectivity index (χ3v) is 5.18. The maximum Gasteiger partial charge on any atom is 0.271 e. The highest BCUT2D eigenvalue weighted by Gasteiger charge is 2.28. The van der Waals surface area contributed by atoms with Crippen molar-refractivity contribution >= 4 is 5.91 Å². The number of aromatic amines is 1. The molecule has 2 aromatic heterocycles. The molecule has 0 aliphatic carbocycles. The number of carbonyl (C=O) groups excluding carboxylic acids is 1. The normalized spacial score (nSPS) is 15.1. The topological polar surface area (TPSA) is 92.8 Å². The van der Waals surface area contributed by atoms with Gasteiger partial charge in [0.15, 0.2) is 11.6 Å². The van der Waals surface area contributed by atoms with Gasteiger partial charge in [0.2, 0.25) is 0 Å². The van der Waals surface area contributed by atoms with Gasteiger partial charge in [0.05, 0.1) is 23.6 Å². The molecular formula is C23H26FN5O2. The lowest BCUT2D eigenvalue weighted by Gasteiger charge is -2.11. The predicted molar refractivity (Wildman–Crippen MR) is 114 cm³/mol. The smallest absolute Gasteiger partial charge is 0.271 e. The Balaban J connectivity index is 1.43. The van der Waals surface area contributed by atoms with E-state index in [0.29, 0.717) is 29.3 Å². The summed E-state index contributed by atoms with van der Waals surface area (Å²) in [5, 5.41) is 9.81. The monoisotopic (exact) mass is 423 g/mol. The number of hydrogen-bond acceptors (Lipinski definition) is 5. The Kier molecular flexibility index (Phi) is 5.71. The van der Waals surface area contributed by atoms with Gasteiger partial charge in [0, 0.05) is 29.4 Å². The number of fused-ring (bicyclic) bond motifs is 1. The van der Waals surface area contributed by atoms with Crippen LogP contribution in [0.5, 0.6) is 5.75 Å². The largest absolute Gasteiger partial charge is 0.485 e. The minimum absolute atomic E-state index is 0.236. The molecule has 1 aromatic carbocycles. The number of H-pyrrole nitrogens is 1. The summed E-state index contributed by atoms with van der Waals surface area (Å²) < 4.78 is 20.5. The molecule has 8 heteroatoms. The van der Waals surface area contributed by atoms with Crippen molar-refractivity contribution in [3.05, 3.63) is 58.6 Å². The number of benzene rings is 1. The van der Waals surface area contributed by atoms with E-state index in [2.05, 4.69) is 39.3 Å². The first kappa shape index (κ1) is 21.0. The molecule has 1 atom stereocenters. The molecular weight excluding hydrogens is 397 g/mol. The van der Waals surface area contributed by atoms with Crippen LogP contribution in [0.3, 0.4) is 0 Å². The second kappa shape index (κ2) is 8.45. The van der Waals surface area contributed by atoms with E-state index in [-0.39, 0.29) is 24.3 Å². The maximum atomic E-state index is 14.7. The SMILES string of the molecule is Cc1cnc(C)c(-c2cc(F)c3c(c2)C[C@H](CNC(=O)c2cc(CC(C)C)[nH]n2)O3)n1. The quantitative estimate of drug-likeness (QED) is 0.632. The van der Waals surface area contributed by atoms with Gasteiger partial charge >= 0.3 is 0 Å². The van der Waals surface area contributed by atoms with Crippen LogP contribution in [0, 0.1) is 25.6 Å². The highest BCUT2D eigenvalue weighted by Crippen LogP contribution is 2.35. The van der Waals surface area contributed by atoms with E-state index < -0.39 is 5.82 Å². The minimum atomic E-state index is -0.435. The first-order valence-electron chi connectivity index (χ1n) is 10.4. The van der Waals surface area contributed by atoms with E-state index in [0.717, 1.165) is 29.1 Å². The van der Waals surface area contributed by atoms with Gasteiger partial charge < -0.3 is 10.1 Å². The summed E-state index contributed by atoms with van der Waals surface area (Å²) in [4.78, 5) is 21.2. The second-order valence-electron chi connectivity index (χ2n) is 8.42. The Morgan fingerprint density at radius 1 is 1.32 bits per heavy atom. The van der Waals surface area contributed by atoms with Crippen LogP contribution in [0.1, 0.15) is 47.0 Å². The molecule has 1 aliphatic rings. The second-order valence-corrected chi connectivity index (χ2v) is 8.42. The maximum absolute atomic E-state index is 14.7. The number of halogens is 1. The molecule has 0 unspecified atom stereocenters. The predicted octanol–water partition coefficient (Wildman–Crippen LogP) is 3.55. The number of aromatic nitrogens is 4. The third-order valence-electron chi connectivity index (χ3n) is 5.18. The molecule has 162 valence electrons. The van der Waals surface area contributed by atoms with Crippen molar-refractivity contribution in [1.29, 1.82) is 0 Å². The van der Waals surface area contributed by atoms with Crippen molar-refractivity contribution in [2.45, 2.75) is 46.6 Å². The van der Waals surface area contributed by atoms with Crippen LogP contribution < -0.4 is 10.1 Å². The lowest BCUT2D eigenvalue weighted by atomic mass is 10.0. The number of amides is 1. The summed E-state index contributed by atoms with van der Waals surface area (Å²) in [6.45, 7) is 8.17. The number of nitrogens with zero attached hydrogens (tertiary/aromatic N) is 3. The zero-order valence-electron chi connectivity index (χ0n) is 18.1. The minimum Gasteiger partial charge on any atom is -0.485 e. The first-order valence-corrected chi connectivity index (χ1v) is 10.4. The molecule has 7 nitrogen and oxygen atoms in total. The number of aryl methyl sites for hydroxylation is 2. The molecule has 0 saturated heterocycles. The van der Waals surface area contributed by atoms with Gasteiger partial charge in [-0.3, -0.25) is 14.9 Å². The van der Waals surface area contributed by atoms with Crippen LogP contribution in [0.4, 0.5) is 4.39 Å². The molecule has 0 saturated carbocycles. The van der Waals surface area contributed by atoms with E-state index in [1.165, 1.54) is 6.07 Å². The Hall–Kier alpha value is -3.29. The molecule has 1 amide bonds. The number of hydrogen-bond donors (Lipinski definition) is 2. The summed E-state index contributed by atoms with van der Waals surface area (Å²) in [7, 11) is 0. The summed E-state index contributed by atoms with van der Waals surface area (Å²) in [6, 6.07) is 5.08. The fraction of sp³-hybridized carbons (Fsp3) is 0.391. The molecule has 0 spiro atoms. The molecule has 0 bridgehead atoms. The van der Waals surface area contributed by atoms with E-state index in [9.17, 15) is 9.18 Å². The van der Waals surface area contributed by atoms with Crippen LogP contribution >= 0.6 is 0 Å². The number of carbonyl (C=O) groups is 1. The zero-order valence-corrected chi connectivity index (χ0v) is 18.1. The van der Waals surface area contributed by atoms with Gasteiger partial charge in [-0.1, -0.05) is 13.8 Å². The van der Waals surface area contributed by atoms with Crippen LogP contribution in [0.25, 0.3) is 11.3 Å². The van der Waals surface area contributed by atoms with Gasteiger partial charge in [0.25, 0.3) is 5.91 Å². The fourth-order valence-electron chi connectivity index (χ4n) is 3.77.